The minimum absolute atomic E-state index is 0.179. The van der Waals surface area contributed by atoms with Gasteiger partial charge in [0.25, 0.3) is 0 Å². The van der Waals surface area contributed by atoms with Gasteiger partial charge in [0.05, 0.1) is 17.7 Å². The number of benzene rings is 1. The number of hydrogen-bond donors (Lipinski definition) is 2. The van der Waals surface area contributed by atoms with Crippen LogP contribution in [0.5, 0.6) is 5.75 Å². The maximum absolute atomic E-state index is 10.5. The zero-order valence-electron chi connectivity index (χ0n) is 16.6. The van der Waals surface area contributed by atoms with Crippen LogP contribution < -0.4 is 10.2 Å². The molecule has 2 aliphatic rings. The van der Waals surface area contributed by atoms with Gasteiger partial charge in [0.2, 0.25) is 0 Å². The maximum Gasteiger partial charge on any atom is 0.151 e. The summed E-state index contributed by atoms with van der Waals surface area (Å²) < 4.78 is 1.85. The molecule has 2 fully saturated rings. The number of nitrogens with zero attached hydrogens (tertiary/aromatic N) is 5. The van der Waals surface area contributed by atoms with Gasteiger partial charge in [0.1, 0.15) is 5.75 Å². The van der Waals surface area contributed by atoms with E-state index in [1.807, 2.05) is 35.0 Å². The topological polar surface area (TPSA) is 79.1 Å². The third kappa shape index (κ3) is 3.58. The SMILES string of the molecule is CN(c1ccc(-c2ccc(-n3ccnc3)cc2O)nn1)C1CC2CCCC(C1)N2. The molecule has 2 aromatic heterocycles. The molecule has 7 nitrogen and oxygen atoms in total. The van der Waals surface area contributed by atoms with Gasteiger partial charge in [-0.15, -0.1) is 10.2 Å². The molecule has 0 aliphatic carbocycles. The first-order chi connectivity index (χ1) is 14.2. The number of imidazole rings is 1. The summed E-state index contributed by atoms with van der Waals surface area (Å²) in [5.74, 6) is 1.06. The number of phenolic OH excluding ortho intramolecular Hbond substituents is 1. The number of phenols is 1. The first-order valence-corrected chi connectivity index (χ1v) is 10.3. The first kappa shape index (κ1) is 18.1. The zero-order chi connectivity index (χ0) is 19.8. The van der Waals surface area contributed by atoms with Crippen molar-refractivity contribution in [3.05, 3.63) is 49.1 Å². The molecule has 29 heavy (non-hydrogen) atoms. The van der Waals surface area contributed by atoms with Crippen molar-refractivity contribution in [2.24, 2.45) is 0 Å². The van der Waals surface area contributed by atoms with Crippen molar-refractivity contribution in [2.75, 3.05) is 11.9 Å². The van der Waals surface area contributed by atoms with Crippen LogP contribution in [-0.2, 0) is 0 Å². The van der Waals surface area contributed by atoms with E-state index in [4.69, 9.17) is 0 Å². The molecule has 1 aromatic carbocycles. The van der Waals surface area contributed by atoms with Crippen molar-refractivity contribution in [1.29, 1.82) is 0 Å². The summed E-state index contributed by atoms with van der Waals surface area (Å²) in [4.78, 5) is 6.31. The molecule has 7 heteroatoms. The molecule has 0 radical (unpaired) electrons. The van der Waals surface area contributed by atoms with E-state index < -0.39 is 0 Å². The van der Waals surface area contributed by atoms with Gasteiger partial charge in [-0.1, -0.05) is 6.42 Å². The fourth-order valence-corrected chi connectivity index (χ4v) is 4.70. The Kier molecular flexibility index (Phi) is 4.67. The van der Waals surface area contributed by atoms with Gasteiger partial charge in [-0.05, 0) is 49.9 Å². The van der Waals surface area contributed by atoms with Crippen LogP contribution in [0, 0.1) is 0 Å². The molecule has 2 unspecified atom stereocenters. The molecule has 2 N–H and O–H groups in total. The van der Waals surface area contributed by atoms with Crippen LogP contribution in [-0.4, -0.2) is 50.0 Å². The van der Waals surface area contributed by atoms with Gasteiger partial charge < -0.3 is 19.9 Å². The number of fused-ring (bicyclic) bond motifs is 2. The summed E-state index contributed by atoms with van der Waals surface area (Å²) in [6.45, 7) is 0. The number of aromatic hydroxyl groups is 1. The van der Waals surface area contributed by atoms with Crippen molar-refractivity contribution < 1.29 is 5.11 Å². The lowest BCUT2D eigenvalue weighted by Crippen LogP contribution is -2.54. The summed E-state index contributed by atoms with van der Waals surface area (Å²) in [7, 11) is 2.12. The average molecular weight is 390 g/mol. The highest BCUT2D eigenvalue weighted by atomic mass is 16.3. The first-order valence-electron chi connectivity index (χ1n) is 10.3. The summed E-state index contributed by atoms with van der Waals surface area (Å²) >= 11 is 0. The molecule has 0 spiro atoms. The third-order valence-corrected chi connectivity index (χ3v) is 6.31. The van der Waals surface area contributed by atoms with Crippen LogP contribution in [0.4, 0.5) is 5.82 Å². The van der Waals surface area contributed by atoms with E-state index in [2.05, 4.69) is 32.4 Å². The third-order valence-electron chi connectivity index (χ3n) is 6.31. The van der Waals surface area contributed by atoms with Gasteiger partial charge in [-0.25, -0.2) is 4.98 Å². The predicted molar refractivity (Wildman–Crippen MR) is 112 cm³/mol. The second-order valence-electron chi connectivity index (χ2n) is 8.18. The van der Waals surface area contributed by atoms with Crippen molar-refractivity contribution in [2.45, 2.75) is 50.2 Å². The molecular weight excluding hydrogens is 364 g/mol. The molecule has 4 heterocycles. The number of rotatable bonds is 4. The van der Waals surface area contributed by atoms with Gasteiger partial charge in [0, 0.05) is 49.2 Å². The largest absolute Gasteiger partial charge is 0.507 e. The number of aromatic nitrogens is 4. The van der Waals surface area contributed by atoms with Crippen LogP contribution in [0.2, 0.25) is 0 Å². The second-order valence-corrected chi connectivity index (χ2v) is 8.18. The van der Waals surface area contributed by atoms with Crippen LogP contribution >= 0.6 is 0 Å². The number of nitrogens with one attached hydrogen (secondary N) is 1. The Labute approximate surface area is 170 Å². The molecule has 2 bridgehead atoms. The Hall–Kier alpha value is -2.93. The summed E-state index contributed by atoms with van der Waals surface area (Å²) in [6.07, 6.45) is 11.5. The molecule has 5 rings (SSSR count). The Morgan fingerprint density at radius 3 is 2.59 bits per heavy atom. The Bertz CT molecular complexity index is 959. The molecular formula is C22H26N6O. The lowest BCUT2D eigenvalue weighted by atomic mass is 9.83. The molecule has 0 saturated carbocycles. The Morgan fingerprint density at radius 1 is 1.10 bits per heavy atom. The Balaban J connectivity index is 1.33. The summed E-state index contributed by atoms with van der Waals surface area (Å²) in [5, 5.41) is 23.1. The highest BCUT2D eigenvalue weighted by Crippen LogP contribution is 2.32. The molecule has 2 aliphatic heterocycles. The minimum Gasteiger partial charge on any atom is -0.507 e. The lowest BCUT2D eigenvalue weighted by molar-refractivity contribution is 0.219. The van der Waals surface area contributed by atoms with Gasteiger partial charge in [-0.3, -0.25) is 0 Å². The van der Waals surface area contributed by atoms with E-state index in [-0.39, 0.29) is 5.75 Å². The standard InChI is InChI=1S/C22H26N6O/c1-27(18-11-15-3-2-4-16(12-18)24-15)22-8-7-20(25-26-22)19-6-5-17(13-21(19)29)28-10-9-23-14-28/h5-10,13-16,18,24,29H,2-4,11-12H2,1H3. The van der Waals surface area contributed by atoms with E-state index >= 15 is 0 Å². The quantitative estimate of drug-likeness (QED) is 0.713. The molecule has 150 valence electrons. The van der Waals surface area contributed by atoms with E-state index in [9.17, 15) is 5.11 Å². The Morgan fingerprint density at radius 2 is 1.93 bits per heavy atom. The van der Waals surface area contributed by atoms with Gasteiger partial charge >= 0.3 is 0 Å². The highest BCUT2D eigenvalue weighted by Gasteiger charge is 2.33. The summed E-state index contributed by atoms with van der Waals surface area (Å²) in [6, 6.07) is 11.2. The lowest BCUT2D eigenvalue weighted by Gasteiger charge is -2.43. The van der Waals surface area contributed by atoms with Gasteiger partial charge in [0.15, 0.2) is 5.82 Å². The van der Waals surface area contributed by atoms with E-state index in [1.54, 1.807) is 18.6 Å². The normalized spacial score (nSPS) is 23.7. The molecule has 0 amide bonds. The van der Waals surface area contributed by atoms with E-state index in [0.717, 1.165) is 24.3 Å². The van der Waals surface area contributed by atoms with Crippen molar-refractivity contribution in [3.63, 3.8) is 0 Å². The van der Waals surface area contributed by atoms with Crippen LogP contribution in [0.1, 0.15) is 32.1 Å². The fraction of sp³-hybridized carbons (Fsp3) is 0.409. The maximum atomic E-state index is 10.5. The predicted octanol–water partition coefficient (Wildman–Crippen LogP) is 3.14. The van der Waals surface area contributed by atoms with Crippen molar-refractivity contribution in [3.8, 4) is 22.7 Å². The van der Waals surface area contributed by atoms with E-state index in [1.165, 1.54) is 19.3 Å². The van der Waals surface area contributed by atoms with E-state index in [0.29, 0.717) is 29.4 Å². The van der Waals surface area contributed by atoms with Crippen LogP contribution in [0.25, 0.3) is 16.9 Å². The fourth-order valence-electron chi connectivity index (χ4n) is 4.70. The number of hydrogen-bond acceptors (Lipinski definition) is 6. The van der Waals surface area contributed by atoms with Crippen LogP contribution in [0.15, 0.2) is 49.1 Å². The molecule has 3 aromatic rings. The zero-order valence-corrected chi connectivity index (χ0v) is 16.6. The second kappa shape index (κ2) is 7.48. The monoisotopic (exact) mass is 390 g/mol. The summed E-state index contributed by atoms with van der Waals surface area (Å²) in [5.41, 5.74) is 2.19. The van der Waals surface area contributed by atoms with Gasteiger partial charge in [-0.2, -0.15) is 0 Å². The van der Waals surface area contributed by atoms with Crippen molar-refractivity contribution >= 4 is 5.82 Å². The highest BCUT2D eigenvalue weighted by molar-refractivity contribution is 5.69. The average Bonchev–Trinajstić information content (AvgIpc) is 3.28. The number of piperidine rings is 2. The molecule has 2 saturated heterocycles. The molecule has 2 atom stereocenters. The van der Waals surface area contributed by atoms with Crippen LogP contribution in [0.3, 0.4) is 0 Å². The smallest absolute Gasteiger partial charge is 0.151 e. The number of anilines is 1. The van der Waals surface area contributed by atoms with Crippen molar-refractivity contribution in [1.82, 2.24) is 25.1 Å². The minimum atomic E-state index is 0.179.